The minimum Gasteiger partial charge on any atom is -0.471 e. The maximum atomic E-state index is 12.4. The molecule has 3 aromatic rings. The quantitative estimate of drug-likeness (QED) is 0.736. The number of para-hydroxylation sites is 1. The number of amides is 1. The van der Waals surface area contributed by atoms with Crippen LogP contribution in [0.4, 0.5) is 5.69 Å². The number of ether oxygens (including phenoxy) is 1. The van der Waals surface area contributed by atoms with Crippen molar-refractivity contribution in [3.05, 3.63) is 76.6 Å². The van der Waals surface area contributed by atoms with Crippen molar-refractivity contribution in [2.45, 2.75) is 20.6 Å². The Morgan fingerprint density at radius 3 is 2.60 bits per heavy atom. The van der Waals surface area contributed by atoms with E-state index in [1.165, 1.54) is 0 Å². The molecule has 1 amide bonds. The number of aryl methyl sites for hydroxylation is 2. The summed E-state index contributed by atoms with van der Waals surface area (Å²) in [5.41, 5.74) is 3.17. The third kappa shape index (κ3) is 4.19. The molecule has 2 aromatic carbocycles. The van der Waals surface area contributed by atoms with Crippen molar-refractivity contribution < 1.29 is 9.53 Å². The summed E-state index contributed by atoms with van der Waals surface area (Å²) < 4.78 is 7.16. The molecule has 5 nitrogen and oxygen atoms in total. The molecule has 25 heavy (non-hydrogen) atoms. The van der Waals surface area contributed by atoms with Gasteiger partial charge in [-0.1, -0.05) is 35.9 Å². The summed E-state index contributed by atoms with van der Waals surface area (Å²) in [6.07, 6.45) is 1.70. The molecular formula is C19H18ClN3O2. The van der Waals surface area contributed by atoms with Gasteiger partial charge in [0.2, 0.25) is 0 Å². The number of benzene rings is 2. The van der Waals surface area contributed by atoms with E-state index in [2.05, 4.69) is 10.4 Å². The number of nitrogens with zero attached hydrogens (tertiary/aromatic N) is 2. The van der Waals surface area contributed by atoms with Gasteiger partial charge in [0, 0.05) is 16.9 Å². The van der Waals surface area contributed by atoms with Gasteiger partial charge in [-0.2, -0.15) is 5.10 Å². The topological polar surface area (TPSA) is 56.2 Å². The lowest BCUT2D eigenvalue weighted by Gasteiger charge is -2.10. The Labute approximate surface area is 151 Å². The van der Waals surface area contributed by atoms with Crippen molar-refractivity contribution in [2.75, 3.05) is 5.32 Å². The van der Waals surface area contributed by atoms with Crippen LogP contribution in [-0.4, -0.2) is 15.7 Å². The normalized spacial score (nSPS) is 10.5. The summed E-state index contributed by atoms with van der Waals surface area (Å²) in [5.74, 6) is 0.392. The van der Waals surface area contributed by atoms with Crippen molar-refractivity contribution in [1.29, 1.82) is 0 Å². The second-order valence-electron chi connectivity index (χ2n) is 5.69. The summed E-state index contributed by atoms with van der Waals surface area (Å²) in [6, 6.07) is 14.7. The maximum Gasteiger partial charge on any atom is 0.276 e. The van der Waals surface area contributed by atoms with Gasteiger partial charge in [-0.15, -0.1) is 0 Å². The second kappa shape index (κ2) is 7.40. The minimum atomic E-state index is -0.251. The molecule has 1 N–H and O–H groups in total. The molecule has 1 heterocycles. The van der Waals surface area contributed by atoms with Gasteiger partial charge in [-0.3, -0.25) is 4.79 Å². The predicted octanol–water partition coefficient (Wildman–Crippen LogP) is 4.44. The second-order valence-corrected chi connectivity index (χ2v) is 6.13. The molecule has 0 saturated heterocycles. The fourth-order valence-corrected chi connectivity index (χ4v) is 2.62. The van der Waals surface area contributed by atoms with E-state index in [1.807, 2.05) is 44.2 Å². The summed E-state index contributed by atoms with van der Waals surface area (Å²) in [7, 11) is 0. The average Bonchev–Trinajstić information content (AvgIpc) is 3.05. The van der Waals surface area contributed by atoms with Crippen LogP contribution in [0.25, 0.3) is 0 Å². The van der Waals surface area contributed by atoms with Gasteiger partial charge in [0.25, 0.3) is 5.91 Å². The number of halogens is 1. The van der Waals surface area contributed by atoms with Gasteiger partial charge in [0.1, 0.15) is 5.75 Å². The van der Waals surface area contributed by atoms with Gasteiger partial charge in [-0.05, 0) is 49.2 Å². The number of nitrogens with one attached hydrogen (secondary N) is 1. The predicted molar refractivity (Wildman–Crippen MR) is 98.2 cm³/mol. The lowest BCUT2D eigenvalue weighted by atomic mass is 10.1. The van der Waals surface area contributed by atoms with E-state index in [9.17, 15) is 4.79 Å². The van der Waals surface area contributed by atoms with E-state index < -0.39 is 0 Å². The molecule has 0 saturated carbocycles. The Morgan fingerprint density at radius 2 is 1.88 bits per heavy atom. The van der Waals surface area contributed by atoms with E-state index in [-0.39, 0.29) is 12.6 Å². The number of hydrogen-bond donors (Lipinski definition) is 1. The maximum absolute atomic E-state index is 12.4. The van der Waals surface area contributed by atoms with Crippen molar-refractivity contribution >= 4 is 23.2 Å². The number of aromatic nitrogens is 2. The Hall–Kier alpha value is -2.79. The number of hydrogen-bond acceptors (Lipinski definition) is 3. The smallest absolute Gasteiger partial charge is 0.276 e. The Kier molecular flexibility index (Phi) is 5.05. The monoisotopic (exact) mass is 355 g/mol. The zero-order valence-corrected chi connectivity index (χ0v) is 14.7. The van der Waals surface area contributed by atoms with Gasteiger partial charge in [0.05, 0.1) is 0 Å². The van der Waals surface area contributed by atoms with Crippen LogP contribution in [0, 0.1) is 13.8 Å². The van der Waals surface area contributed by atoms with Gasteiger partial charge < -0.3 is 10.1 Å². The van der Waals surface area contributed by atoms with Crippen LogP contribution in [0.2, 0.25) is 5.02 Å². The number of rotatable bonds is 5. The minimum absolute atomic E-state index is 0.191. The third-order valence-corrected chi connectivity index (χ3v) is 3.99. The Bertz CT molecular complexity index is 885. The van der Waals surface area contributed by atoms with Gasteiger partial charge in [0.15, 0.2) is 12.4 Å². The van der Waals surface area contributed by atoms with Crippen LogP contribution in [0.5, 0.6) is 5.75 Å². The number of carbonyl (C=O) groups excluding carboxylic acids is 1. The zero-order valence-electron chi connectivity index (χ0n) is 14.0. The molecule has 0 aliphatic rings. The standard InChI is InChI=1S/C19H18ClN3O2/c1-13-5-3-6-14(2)18(13)21-19(24)17-9-10-23(22-17)12-25-16-8-4-7-15(20)11-16/h3-11H,12H2,1-2H3,(H,21,24). The molecule has 128 valence electrons. The SMILES string of the molecule is Cc1cccc(C)c1NC(=O)c1ccn(COc2cccc(Cl)c2)n1. The molecular weight excluding hydrogens is 338 g/mol. The van der Waals surface area contributed by atoms with Crippen molar-refractivity contribution in [3.8, 4) is 5.75 Å². The first kappa shape index (κ1) is 17.0. The first-order valence-electron chi connectivity index (χ1n) is 7.82. The summed E-state index contributed by atoms with van der Waals surface area (Å²) in [6.45, 7) is 4.11. The molecule has 0 atom stereocenters. The first-order chi connectivity index (χ1) is 12.0. The molecule has 0 aliphatic carbocycles. The van der Waals surface area contributed by atoms with E-state index in [1.54, 1.807) is 29.1 Å². The molecule has 0 aliphatic heterocycles. The lowest BCUT2D eigenvalue weighted by Crippen LogP contribution is -2.15. The van der Waals surface area contributed by atoms with Crippen molar-refractivity contribution in [3.63, 3.8) is 0 Å². The molecule has 0 bridgehead atoms. The fourth-order valence-electron chi connectivity index (χ4n) is 2.44. The van der Waals surface area contributed by atoms with Gasteiger partial charge in [-0.25, -0.2) is 4.68 Å². The highest BCUT2D eigenvalue weighted by Crippen LogP contribution is 2.20. The summed E-state index contributed by atoms with van der Waals surface area (Å²) in [4.78, 5) is 12.4. The molecule has 0 radical (unpaired) electrons. The molecule has 0 unspecified atom stereocenters. The third-order valence-electron chi connectivity index (χ3n) is 3.75. The van der Waals surface area contributed by atoms with Gasteiger partial charge >= 0.3 is 0 Å². The largest absolute Gasteiger partial charge is 0.471 e. The highest BCUT2D eigenvalue weighted by molar-refractivity contribution is 6.30. The van der Waals surface area contributed by atoms with Crippen LogP contribution in [0.15, 0.2) is 54.7 Å². The summed E-state index contributed by atoms with van der Waals surface area (Å²) in [5, 5.41) is 7.77. The van der Waals surface area contributed by atoms with Crippen LogP contribution in [-0.2, 0) is 6.73 Å². The first-order valence-corrected chi connectivity index (χ1v) is 8.20. The van der Waals surface area contributed by atoms with Crippen molar-refractivity contribution in [2.24, 2.45) is 0 Å². The Morgan fingerprint density at radius 1 is 1.16 bits per heavy atom. The van der Waals surface area contributed by atoms with E-state index in [0.717, 1.165) is 16.8 Å². The number of anilines is 1. The van der Waals surface area contributed by atoms with Crippen LogP contribution < -0.4 is 10.1 Å². The van der Waals surface area contributed by atoms with Crippen LogP contribution >= 0.6 is 11.6 Å². The highest BCUT2D eigenvalue weighted by Gasteiger charge is 2.12. The van der Waals surface area contributed by atoms with Crippen LogP contribution in [0.3, 0.4) is 0 Å². The van der Waals surface area contributed by atoms with E-state index in [0.29, 0.717) is 16.5 Å². The highest BCUT2D eigenvalue weighted by atomic mass is 35.5. The lowest BCUT2D eigenvalue weighted by molar-refractivity contribution is 0.102. The molecule has 0 spiro atoms. The molecule has 6 heteroatoms. The van der Waals surface area contributed by atoms with Crippen LogP contribution in [0.1, 0.15) is 21.6 Å². The Balaban J connectivity index is 1.65. The molecule has 3 rings (SSSR count). The summed E-state index contributed by atoms with van der Waals surface area (Å²) >= 11 is 5.92. The zero-order chi connectivity index (χ0) is 17.8. The van der Waals surface area contributed by atoms with E-state index >= 15 is 0 Å². The average molecular weight is 356 g/mol. The van der Waals surface area contributed by atoms with E-state index in [4.69, 9.17) is 16.3 Å². The molecule has 0 fully saturated rings. The fraction of sp³-hybridized carbons (Fsp3) is 0.158. The molecule has 1 aromatic heterocycles. The number of carbonyl (C=O) groups is 1. The van der Waals surface area contributed by atoms with Crippen molar-refractivity contribution in [1.82, 2.24) is 9.78 Å².